The normalized spacial score (nSPS) is 10.9. The molecule has 0 saturated heterocycles. The smallest absolute Gasteiger partial charge is 0.138 e. The van der Waals surface area contributed by atoms with E-state index in [0.29, 0.717) is 24.1 Å². The summed E-state index contributed by atoms with van der Waals surface area (Å²) in [5.41, 5.74) is 3.51. The summed E-state index contributed by atoms with van der Waals surface area (Å²) in [6.07, 6.45) is 0. The quantitative estimate of drug-likeness (QED) is 0.603. The third kappa shape index (κ3) is 4.08. The van der Waals surface area contributed by atoms with Crippen LogP contribution in [0.2, 0.25) is 5.02 Å². The molecule has 3 nitrogen and oxygen atoms in total. The van der Waals surface area contributed by atoms with E-state index in [2.05, 4.69) is 19.3 Å². The predicted molar refractivity (Wildman–Crippen MR) is 60.7 cm³/mol. The average molecular weight is 230 g/mol. The van der Waals surface area contributed by atoms with Crippen LogP contribution in [-0.4, -0.2) is 11.7 Å². The van der Waals surface area contributed by atoms with E-state index in [1.165, 1.54) is 0 Å². The Morgan fingerprint density at radius 2 is 2.20 bits per heavy atom. The average Bonchev–Trinajstić information content (AvgIpc) is 2.18. The fraction of sp³-hybridized carbons (Fsp3) is 0.455. The molecule has 0 aliphatic carbocycles. The number of nitrogens with one attached hydrogen (secondary N) is 1. The summed E-state index contributed by atoms with van der Waals surface area (Å²) in [7, 11) is 0. The van der Waals surface area contributed by atoms with E-state index >= 15 is 0 Å². The Hall–Kier alpha value is -0.770. The van der Waals surface area contributed by atoms with Crippen molar-refractivity contribution >= 4 is 11.6 Å². The highest BCUT2D eigenvalue weighted by atomic mass is 35.5. The first kappa shape index (κ1) is 12.3. The minimum Gasteiger partial charge on any atom is -0.506 e. The van der Waals surface area contributed by atoms with Crippen LogP contribution in [0.3, 0.4) is 0 Å². The minimum atomic E-state index is 0.111. The Bertz CT molecular complexity index is 315. The van der Waals surface area contributed by atoms with E-state index in [0.717, 1.165) is 5.56 Å². The number of benzene rings is 1. The summed E-state index contributed by atoms with van der Waals surface area (Å²) >= 11 is 5.76. The summed E-state index contributed by atoms with van der Waals surface area (Å²) in [5.74, 6) is 0.588. The molecule has 0 heterocycles. The standard InChI is InChI=1S/C11H16ClNO2/c1-8(2)7-15-13-6-9-4-3-5-10(12)11(9)14/h3-5,8,13-14H,6-7H2,1-2H3. The number of para-hydroxylation sites is 1. The van der Waals surface area contributed by atoms with Crippen LogP contribution in [0.15, 0.2) is 18.2 Å². The third-order valence-electron chi connectivity index (χ3n) is 1.85. The second kappa shape index (κ2) is 5.95. The molecule has 1 aromatic rings. The fourth-order valence-electron chi connectivity index (χ4n) is 1.06. The Balaban J connectivity index is 2.41. The van der Waals surface area contributed by atoms with Crippen molar-refractivity contribution in [2.45, 2.75) is 20.4 Å². The van der Waals surface area contributed by atoms with Gasteiger partial charge in [0, 0.05) is 12.1 Å². The molecule has 1 rings (SSSR count). The molecule has 0 fully saturated rings. The molecule has 0 bridgehead atoms. The molecule has 0 amide bonds. The lowest BCUT2D eigenvalue weighted by atomic mass is 10.2. The molecule has 2 N–H and O–H groups in total. The molecule has 1 aromatic carbocycles. The van der Waals surface area contributed by atoms with E-state index in [1.54, 1.807) is 18.2 Å². The molecule has 0 saturated carbocycles. The molecule has 0 aromatic heterocycles. The molecule has 0 aliphatic rings. The first-order chi connectivity index (χ1) is 7.11. The SMILES string of the molecule is CC(C)CONCc1cccc(Cl)c1O. The van der Waals surface area contributed by atoms with Crippen LogP contribution < -0.4 is 5.48 Å². The van der Waals surface area contributed by atoms with Crippen molar-refractivity contribution in [3.8, 4) is 5.75 Å². The van der Waals surface area contributed by atoms with Gasteiger partial charge in [-0.3, -0.25) is 0 Å². The minimum absolute atomic E-state index is 0.111. The maximum Gasteiger partial charge on any atom is 0.138 e. The highest BCUT2D eigenvalue weighted by Gasteiger charge is 2.04. The van der Waals surface area contributed by atoms with Gasteiger partial charge in [0.25, 0.3) is 0 Å². The number of phenolic OH excluding ortho intramolecular Hbond substituents is 1. The number of halogens is 1. The van der Waals surface area contributed by atoms with Crippen molar-refractivity contribution in [1.29, 1.82) is 0 Å². The number of hydrogen-bond acceptors (Lipinski definition) is 3. The molecular formula is C11H16ClNO2. The van der Waals surface area contributed by atoms with E-state index in [-0.39, 0.29) is 5.75 Å². The first-order valence-corrected chi connectivity index (χ1v) is 5.30. The van der Waals surface area contributed by atoms with Crippen LogP contribution in [-0.2, 0) is 11.4 Å². The highest BCUT2D eigenvalue weighted by Crippen LogP contribution is 2.26. The van der Waals surface area contributed by atoms with Gasteiger partial charge in [-0.2, -0.15) is 5.48 Å². The molecule has 0 radical (unpaired) electrons. The summed E-state index contributed by atoms with van der Waals surface area (Å²) in [6, 6.07) is 5.24. The summed E-state index contributed by atoms with van der Waals surface area (Å²) in [4.78, 5) is 5.19. The van der Waals surface area contributed by atoms with Crippen molar-refractivity contribution in [3.63, 3.8) is 0 Å². The molecule has 0 atom stereocenters. The van der Waals surface area contributed by atoms with E-state index in [1.807, 2.05) is 0 Å². The number of hydroxylamine groups is 1. The van der Waals surface area contributed by atoms with Crippen LogP contribution in [0.25, 0.3) is 0 Å². The maximum atomic E-state index is 9.58. The molecule has 0 aliphatic heterocycles. The zero-order chi connectivity index (χ0) is 11.3. The molecular weight excluding hydrogens is 214 g/mol. The highest BCUT2D eigenvalue weighted by molar-refractivity contribution is 6.32. The van der Waals surface area contributed by atoms with Crippen LogP contribution in [0, 0.1) is 5.92 Å². The topological polar surface area (TPSA) is 41.5 Å². The second-order valence-electron chi connectivity index (χ2n) is 3.77. The summed E-state index contributed by atoms with van der Waals surface area (Å²) in [6.45, 7) is 5.22. The largest absolute Gasteiger partial charge is 0.506 e. The Morgan fingerprint density at radius 3 is 2.87 bits per heavy atom. The van der Waals surface area contributed by atoms with Gasteiger partial charge in [-0.25, -0.2) is 0 Å². The van der Waals surface area contributed by atoms with Crippen molar-refractivity contribution in [2.24, 2.45) is 5.92 Å². The number of hydrogen-bond donors (Lipinski definition) is 2. The third-order valence-corrected chi connectivity index (χ3v) is 2.16. The lowest BCUT2D eigenvalue weighted by Gasteiger charge is -2.09. The molecule has 4 heteroatoms. The van der Waals surface area contributed by atoms with Crippen molar-refractivity contribution in [1.82, 2.24) is 5.48 Å². The Morgan fingerprint density at radius 1 is 1.47 bits per heavy atom. The molecule has 15 heavy (non-hydrogen) atoms. The lowest BCUT2D eigenvalue weighted by Crippen LogP contribution is -2.17. The van der Waals surface area contributed by atoms with Crippen LogP contribution in [0.5, 0.6) is 5.75 Å². The van der Waals surface area contributed by atoms with E-state index in [9.17, 15) is 5.11 Å². The zero-order valence-corrected chi connectivity index (χ0v) is 9.71. The van der Waals surface area contributed by atoms with E-state index < -0.39 is 0 Å². The van der Waals surface area contributed by atoms with Crippen LogP contribution >= 0.6 is 11.6 Å². The zero-order valence-electron chi connectivity index (χ0n) is 8.96. The van der Waals surface area contributed by atoms with Crippen molar-refractivity contribution in [3.05, 3.63) is 28.8 Å². The number of phenols is 1. The Kier molecular flexibility index (Phi) is 4.88. The fourth-order valence-corrected chi connectivity index (χ4v) is 1.25. The van der Waals surface area contributed by atoms with Gasteiger partial charge >= 0.3 is 0 Å². The van der Waals surface area contributed by atoms with Crippen LogP contribution in [0.4, 0.5) is 0 Å². The predicted octanol–water partition coefficient (Wildman–Crippen LogP) is 2.72. The van der Waals surface area contributed by atoms with Crippen LogP contribution in [0.1, 0.15) is 19.4 Å². The molecule has 0 spiro atoms. The van der Waals surface area contributed by atoms with Gasteiger partial charge in [0.05, 0.1) is 11.6 Å². The van der Waals surface area contributed by atoms with Gasteiger partial charge in [0.2, 0.25) is 0 Å². The lowest BCUT2D eigenvalue weighted by molar-refractivity contribution is 0.0193. The molecule has 84 valence electrons. The van der Waals surface area contributed by atoms with Gasteiger partial charge in [0.15, 0.2) is 0 Å². The molecule has 0 unspecified atom stereocenters. The van der Waals surface area contributed by atoms with Gasteiger partial charge in [-0.1, -0.05) is 37.6 Å². The monoisotopic (exact) mass is 229 g/mol. The Labute approximate surface area is 95.0 Å². The maximum absolute atomic E-state index is 9.58. The van der Waals surface area contributed by atoms with Crippen molar-refractivity contribution < 1.29 is 9.94 Å². The van der Waals surface area contributed by atoms with E-state index in [4.69, 9.17) is 16.4 Å². The van der Waals surface area contributed by atoms with Gasteiger partial charge < -0.3 is 9.94 Å². The second-order valence-corrected chi connectivity index (χ2v) is 4.18. The number of aromatic hydroxyl groups is 1. The van der Waals surface area contributed by atoms with Gasteiger partial charge in [-0.05, 0) is 12.0 Å². The summed E-state index contributed by atoms with van der Waals surface area (Å²) < 4.78 is 0. The number of rotatable bonds is 5. The van der Waals surface area contributed by atoms with Gasteiger partial charge in [0.1, 0.15) is 5.75 Å². The van der Waals surface area contributed by atoms with Gasteiger partial charge in [-0.15, -0.1) is 0 Å². The first-order valence-electron chi connectivity index (χ1n) is 4.92. The van der Waals surface area contributed by atoms with Crippen molar-refractivity contribution in [2.75, 3.05) is 6.61 Å². The summed E-state index contributed by atoms with van der Waals surface area (Å²) in [5, 5.41) is 9.94.